The Morgan fingerprint density at radius 2 is 2.12 bits per heavy atom. The minimum Gasteiger partial charge on any atom is -0.324 e. The molecule has 88 valence electrons. The van der Waals surface area contributed by atoms with Crippen LogP contribution in [0, 0.1) is 12.8 Å². The first-order chi connectivity index (χ1) is 7.41. The number of hydrogen-bond acceptors (Lipinski definition) is 2. The summed E-state index contributed by atoms with van der Waals surface area (Å²) < 4.78 is 0. The molecule has 1 amide bonds. The van der Waals surface area contributed by atoms with Crippen LogP contribution in [0.5, 0.6) is 0 Å². The van der Waals surface area contributed by atoms with Crippen molar-refractivity contribution in [3.05, 3.63) is 23.0 Å². The average Bonchev–Trinajstić information content (AvgIpc) is 2.20. The van der Waals surface area contributed by atoms with Crippen molar-refractivity contribution in [2.24, 2.45) is 5.92 Å². The van der Waals surface area contributed by atoms with Gasteiger partial charge in [0.25, 0.3) is 0 Å². The van der Waals surface area contributed by atoms with Crippen LogP contribution in [0.4, 0.5) is 5.69 Å². The Morgan fingerprint density at radius 3 is 2.62 bits per heavy atom. The Hall–Kier alpha value is -0.610. The van der Waals surface area contributed by atoms with Crippen LogP contribution in [0.2, 0.25) is 5.15 Å². The van der Waals surface area contributed by atoms with Crippen LogP contribution in [-0.4, -0.2) is 15.7 Å². The second-order valence-electron chi connectivity index (χ2n) is 3.90. The molecule has 0 aliphatic heterocycles. The molecule has 1 aromatic heterocycles. The number of hydrogen-bond donors (Lipinski definition) is 1. The van der Waals surface area contributed by atoms with Crippen molar-refractivity contribution < 1.29 is 4.79 Å². The Bertz CT molecular complexity index is 396. The van der Waals surface area contributed by atoms with Gasteiger partial charge in [-0.05, 0) is 25.0 Å². The lowest BCUT2D eigenvalue weighted by atomic mass is 10.1. The van der Waals surface area contributed by atoms with Crippen LogP contribution in [0.15, 0.2) is 12.1 Å². The average molecular weight is 306 g/mol. The maximum absolute atomic E-state index is 11.8. The Balaban J connectivity index is 2.77. The molecule has 0 bridgehead atoms. The number of rotatable bonds is 3. The summed E-state index contributed by atoms with van der Waals surface area (Å²) in [5.74, 6) is 0.169. The number of carbonyl (C=O) groups excluding carboxylic acids is 1. The molecule has 0 saturated heterocycles. The first-order valence-corrected chi connectivity index (χ1v) is 6.29. The third-order valence-electron chi connectivity index (χ3n) is 2.15. The molecule has 0 aromatic carbocycles. The number of alkyl halides is 1. The Morgan fingerprint density at radius 1 is 1.50 bits per heavy atom. The fourth-order valence-corrected chi connectivity index (χ4v) is 1.47. The summed E-state index contributed by atoms with van der Waals surface area (Å²) in [7, 11) is 0. The highest BCUT2D eigenvalue weighted by Crippen LogP contribution is 2.19. The predicted molar refractivity (Wildman–Crippen MR) is 70.2 cm³/mol. The summed E-state index contributed by atoms with van der Waals surface area (Å²) in [5, 5.41) is 3.24. The maximum atomic E-state index is 11.8. The van der Waals surface area contributed by atoms with E-state index in [2.05, 4.69) is 26.2 Å². The highest BCUT2D eigenvalue weighted by Gasteiger charge is 2.19. The summed E-state index contributed by atoms with van der Waals surface area (Å²) in [6.45, 7) is 5.76. The molecular weight excluding hydrogens is 291 g/mol. The molecule has 16 heavy (non-hydrogen) atoms. The smallest absolute Gasteiger partial charge is 0.238 e. The Labute approximate surface area is 109 Å². The van der Waals surface area contributed by atoms with E-state index in [0.717, 1.165) is 0 Å². The number of nitrogens with one attached hydrogen (secondary N) is 1. The van der Waals surface area contributed by atoms with Crippen LogP contribution < -0.4 is 5.32 Å². The van der Waals surface area contributed by atoms with Gasteiger partial charge in [0.05, 0.1) is 16.2 Å². The lowest BCUT2D eigenvalue weighted by molar-refractivity contribution is -0.116. The standard InChI is InChI=1S/C11H14BrClN2O/c1-6(2)10(12)11(16)15-8-4-5-9(13)14-7(8)3/h4-6,10H,1-3H3,(H,15,16). The topological polar surface area (TPSA) is 42.0 Å². The minimum atomic E-state index is -0.206. The molecule has 1 unspecified atom stereocenters. The van der Waals surface area contributed by atoms with Gasteiger partial charge in [-0.2, -0.15) is 0 Å². The lowest BCUT2D eigenvalue weighted by Crippen LogP contribution is -2.27. The third-order valence-corrected chi connectivity index (χ3v) is 3.83. The SMILES string of the molecule is Cc1nc(Cl)ccc1NC(=O)C(Br)C(C)C. The number of amides is 1. The van der Waals surface area contributed by atoms with Gasteiger partial charge < -0.3 is 5.32 Å². The largest absolute Gasteiger partial charge is 0.324 e. The number of aryl methyl sites for hydroxylation is 1. The van der Waals surface area contributed by atoms with Gasteiger partial charge in [0.1, 0.15) is 5.15 Å². The number of aromatic nitrogens is 1. The van der Waals surface area contributed by atoms with Crippen molar-refractivity contribution in [2.75, 3.05) is 5.32 Å². The van der Waals surface area contributed by atoms with Crippen molar-refractivity contribution in [3.63, 3.8) is 0 Å². The van der Waals surface area contributed by atoms with Gasteiger partial charge in [-0.3, -0.25) is 4.79 Å². The van der Waals surface area contributed by atoms with Gasteiger partial charge in [0, 0.05) is 0 Å². The molecule has 1 N–H and O–H groups in total. The molecule has 0 aliphatic carbocycles. The van der Waals surface area contributed by atoms with Crippen molar-refractivity contribution in [1.29, 1.82) is 0 Å². The monoisotopic (exact) mass is 304 g/mol. The molecule has 5 heteroatoms. The van der Waals surface area contributed by atoms with Gasteiger partial charge in [-0.25, -0.2) is 4.98 Å². The summed E-state index contributed by atoms with van der Waals surface area (Å²) in [6, 6.07) is 3.41. The second kappa shape index (κ2) is 5.64. The van der Waals surface area contributed by atoms with Crippen LogP contribution in [0.3, 0.4) is 0 Å². The number of pyridine rings is 1. The summed E-state index contributed by atoms with van der Waals surface area (Å²) in [4.78, 5) is 15.6. The lowest BCUT2D eigenvalue weighted by Gasteiger charge is -2.14. The molecule has 1 heterocycles. The molecule has 3 nitrogen and oxygen atoms in total. The van der Waals surface area contributed by atoms with E-state index in [9.17, 15) is 4.79 Å². The quantitative estimate of drug-likeness (QED) is 0.687. The molecule has 0 radical (unpaired) electrons. The van der Waals surface area contributed by atoms with Crippen LogP contribution in [0.25, 0.3) is 0 Å². The van der Waals surface area contributed by atoms with E-state index in [1.807, 2.05) is 13.8 Å². The number of anilines is 1. The number of halogens is 2. The fraction of sp³-hybridized carbons (Fsp3) is 0.455. The van der Waals surface area contributed by atoms with Gasteiger partial charge in [0.2, 0.25) is 5.91 Å². The molecule has 0 spiro atoms. The first kappa shape index (κ1) is 13.5. The summed E-state index contributed by atoms with van der Waals surface area (Å²) in [5.41, 5.74) is 1.41. The van der Waals surface area contributed by atoms with E-state index in [1.54, 1.807) is 19.1 Å². The Kier molecular flexibility index (Phi) is 4.74. The molecule has 0 fully saturated rings. The van der Waals surface area contributed by atoms with Crippen molar-refractivity contribution in [2.45, 2.75) is 25.6 Å². The fourth-order valence-electron chi connectivity index (χ4n) is 1.17. The first-order valence-electron chi connectivity index (χ1n) is 5.00. The highest BCUT2D eigenvalue weighted by atomic mass is 79.9. The van der Waals surface area contributed by atoms with Crippen LogP contribution in [0.1, 0.15) is 19.5 Å². The zero-order chi connectivity index (χ0) is 12.3. The summed E-state index contributed by atoms with van der Waals surface area (Å²) >= 11 is 9.08. The molecule has 1 rings (SSSR count). The van der Waals surface area contributed by atoms with E-state index < -0.39 is 0 Å². The molecule has 0 aliphatic rings. The molecule has 1 atom stereocenters. The zero-order valence-corrected chi connectivity index (χ0v) is 11.8. The minimum absolute atomic E-state index is 0.0674. The normalized spacial score (nSPS) is 12.6. The van der Waals surface area contributed by atoms with Crippen molar-refractivity contribution >= 4 is 39.1 Å². The maximum Gasteiger partial charge on any atom is 0.238 e. The molecular formula is C11H14BrClN2O. The van der Waals surface area contributed by atoms with Gasteiger partial charge in [0.15, 0.2) is 0 Å². The number of nitrogens with zero attached hydrogens (tertiary/aromatic N) is 1. The van der Waals surface area contributed by atoms with Crippen molar-refractivity contribution in [1.82, 2.24) is 4.98 Å². The van der Waals surface area contributed by atoms with Crippen molar-refractivity contribution in [3.8, 4) is 0 Å². The third kappa shape index (κ3) is 3.46. The van der Waals surface area contributed by atoms with Gasteiger partial charge >= 0.3 is 0 Å². The van der Waals surface area contributed by atoms with E-state index in [4.69, 9.17) is 11.6 Å². The predicted octanol–water partition coefficient (Wildman–Crippen LogP) is 3.40. The van der Waals surface area contributed by atoms with E-state index in [-0.39, 0.29) is 16.7 Å². The summed E-state index contributed by atoms with van der Waals surface area (Å²) in [6.07, 6.45) is 0. The van der Waals surface area contributed by atoms with E-state index in [0.29, 0.717) is 16.5 Å². The van der Waals surface area contributed by atoms with Crippen LogP contribution in [-0.2, 0) is 4.79 Å². The van der Waals surface area contributed by atoms with Gasteiger partial charge in [-0.15, -0.1) is 0 Å². The van der Waals surface area contributed by atoms with E-state index in [1.165, 1.54) is 0 Å². The van der Waals surface area contributed by atoms with Crippen LogP contribution >= 0.6 is 27.5 Å². The second-order valence-corrected chi connectivity index (χ2v) is 5.28. The zero-order valence-electron chi connectivity index (χ0n) is 9.42. The number of carbonyl (C=O) groups is 1. The molecule has 1 aromatic rings. The highest BCUT2D eigenvalue weighted by molar-refractivity contribution is 9.10. The van der Waals surface area contributed by atoms with Gasteiger partial charge in [-0.1, -0.05) is 41.4 Å². The molecule has 0 saturated carbocycles. The van der Waals surface area contributed by atoms with E-state index >= 15 is 0 Å².